The molecule has 0 spiro atoms. The monoisotopic (exact) mass is 442 g/mol. The van der Waals surface area contributed by atoms with Crippen molar-refractivity contribution in [2.75, 3.05) is 27.4 Å². The molecule has 3 rings (SSSR count). The van der Waals surface area contributed by atoms with Crippen LogP contribution in [0.25, 0.3) is 0 Å². The van der Waals surface area contributed by atoms with Crippen molar-refractivity contribution >= 4 is 11.8 Å². The molecular formula is C24H30N2O6. The van der Waals surface area contributed by atoms with Crippen molar-refractivity contribution in [1.29, 1.82) is 0 Å². The standard InChI is InChI=1S/C24H30N2O6/c1-29-17-7-11-19(12-8-17)31-15-23(27)25-21-5-3-4-6-22(21)26-24(28)16-32-20-13-9-18(30-2)10-14-20/h7-14,21-22H,3-6,15-16H2,1-2H3,(H,25,27)(H,26,28)/t21-,22-/m1/s1. The van der Waals surface area contributed by atoms with Gasteiger partial charge in [0.2, 0.25) is 0 Å². The zero-order valence-corrected chi connectivity index (χ0v) is 18.5. The summed E-state index contributed by atoms with van der Waals surface area (Å²) in [5, 5.41) is 5.99. The number of nitrogens with one attached hydrogen (secondary N) is 2. The summed E-state index contributed by atoms with van der Waals surface area (Å²) in [7, 11) is 3.18. The Morgan fingerprint density at radius 3 is 1.38 bits per heavy atom. The van der Waals surface area contributed by atoms with Gasteiger partial charge in [-0.15, -0.1) is 0 Å². The summed E-state index contributed by atoms with van der Waals surface area (Å²) in [6, 6.07) is 13.8. The number of methoxy groups -OCH3 is 2. The van der Waals surface area contributed by atoms with Crippen LogP contribution in [0.15, 0.2) is 48.5 Å². The largest absolute Gasteiger partial charge is 0.497 e. The molecule has 8 nitrogen and oxygen atoms in total. The van der Waals surface area contributed by atoms with Crippen LogP contribution < -0.4 is 29.6 Å². The predicted octanol–water partition coefficient (Wildman–Crippen LogP) is 2.71. The second-order valence-corrected chi connectivity index (χ2v) is 7.56. The lowest BCUT2D eigenvalue weighted by molar-refractivity contribution is -0.127. The molecule has 0 heterocycles. The average molecular weight is 443 g/mol. The Hall–Kier alpha value is -3.42. The predicted molar refractivity (Wildman–Crippen MR) is 119 cm³/mol. The van der Waals surface area contributed by atoms with E-state index in [1.165, 1.54) is 0 Å². The van der Waals surface area contributed by atoms with Gasteiger partial charge in [-0.3, -0.25) is 9.59 Å². The van der Waals surface area contributed by atoms with E-state index in [0.717, 1.165) is 37.2 Å². The fourth-order valence-electron chi connectivity index (χ4n) is 3.61. The van der Waals surface area contributed by atoms with Gasteiger partial charge in [0.25, 0.3) is 11.8 Å². The van der Waals surface area contributed by atoms with Gasteiger partial charge in [0.05, 0.1) is 14.2 Å². The summed E-state index contributed by atoms with van der Waals surface area (Å²) in [6.45, 7) is -0.186. The molecule has 2 atom stereocenters. The Morgan fingerprint density at radius 1 is 0.688 bits per heavy atom. The van der Waals surface area contributed by atoms with E-state index in [-0.39, 0.29) is 37.1 Å². The molecule has 2 aromatic rings. The van der Waals surface area contributed by atoms with Gasteiger partial charge in [0, 0.05) is 12.1 Å². The van der Waals surface area contributed by atoms with E-state index in [4.69, 9.17) is 18.9 Å². The van der Waals surface area contributed by atoms with Crippen molar-refractivity contribution < 1.29 is 28.5 Å². The summed E-state index contributed by atoms with van der Waals surface area (Å²) in [5.41, 5.74) is 0. The number of amides is 2. The van der Waals surface area contributed by atoms with E-state index < -0.39 is 0 Å². The first kappa shape index (κ1) is 23.2. The van der Waals surface area contributed by atoms with Crippen LogP contribution in [0.3, 0.4) is 0 Å². The molecule has 1 saturated carbocycles. The van der Waals surface area contributed by atoms with Crippen LogP contribution in [0.4, 0.5) is 0 Å². The highest BCUT2D eigenvalue weighted by molar-refractivity contribution is 5.79. The van der Waals surface area contributed by atoms with Gasteiger partial charge in [0.1, 0.15) is 23.0 Å². The molecule has 2 amide bonds. The van der Waals surface area contributed by atoms with E-state index in [9.17, 15) is 9.59 Å². The topological polar surface area (TPSA) is 95.1 Å². The minimum atomic E-state index is -0.221. The maximum absolute atomic E-state index is 12.4. The van der Waals surface area contributed by atoms with Crippen LogP contribution >= 0.6 is 0 Å². The second kappa shape index (κ2) is 11.8. The quantitative estimate of drug-likeness (QED) is 0.588. The molecule has 0 aliphatic heterocycles. The molecule has 32 heavy (non-hydrogen) atoms. The smallest absolute Gasteiger partial charge is 0.258 e. The van der Waals surface area contributed by atoms with Crippen LogP contribution in [0.1, 0.15) is 25.7 Å². The lowest BCUT2D eigenvalue weighted by Crippen LogP contribution is -2.54. The number of carbonyl (C=O) groups excluding carboxylic acids is 2. The van der Waals surface area contributed by atoms with E-state index in [2.05, 4.69) is 10.6 Å². The summed E-state index contributed by atoms with van der Waals surface area (Å²) in [4.78, 5) is 24.8. The fraction of sp³-hybridized carbons (Fsp3) is 0.417. The zero-order chi connectivity index (χ0) is 22.8. The molecule has 1 aliphatic rings. The molecular weight excluding hydrogens is 412 g/mol. The second-order valence-electron chi connectivity index (χ2n) is 7.56. The fourth-order valence-corrected chi connectivity index (χ4v) is 3.61. The molecule has 0 bridgehead atoms. The number of carbonyl (C=O) groups is 2. The van der Waals surface area contributed by atoms with E-state index in [1.807, 2.05) is 0 Å². The molecule has 0 radical (unpaired) electrons. The third-order valence-electron chi connectivity index (χ3n) is 5.32. The molecule has 8 heteroatoms. The Kier molecular flexibility index (Phi) is 8.60. The van der Waals surface area contributed by atoms with Crippen molar-refractivity contribution in [3.05, 3.63) is 48.5 Å². The first-order chi connectivity index (χ1) is 15.6. The normalized spacial score (nSPS) is 17.7. The van der Waals surface area contributed by atoms with Crippen molar-refractivity contribution in [2.45, 2.75) is 37.8 Å². The van der Waals surface area contributed by atoms with E-state index in [0.29, 0.717) is 11.5 Å². The highest BCUT2D eigenvalue weighted by Gasteiger charge is 2.28. The van der Waals surface area contributed by atoms with Crippen molar-refractivity contribution in [1.82, 2.24) is 10.6 Å². The van der Waals surface area contributed by atoms with Crippen molar-refractivity contribution in [3.63, 3.8) is 0 Å². The maximum Gasteiger partial charge on any atom is 0.258 e. The third-order valence-corrected chi connectivity index (χ3v) is 5.32. The van der Waals surface area contributed by atoms with Crippen LogP contribution in [0.5, 0.6) is 23.0 Å². The first-order valence-electron chi connectivity index (χ1n) is 10.7. The Labute approximate surface area is 188 Å². The lowest BCUT2D eigenvalue weighted by Gasteiger charge is -2.32. The molecule has 0 aromatic heterocycles. The van der Waals surface area contributed by atoms with Gasteiger partial charge < -0.3 is 29.6 Å². The van der Waals surface area contributed by atoms with Crippen LogP contribution in [0.2, 0.25) is 0 Å². The Morgan fingerprint density at radius 2 is 1.03 bits per heavy atom. The summed E-state index contributed by atoms with van der Waals surface area (Å²) in [6.07, 6.45) is 3.61. The molecule has 2 N–H and O–H groups in total. The van der Waals surface area contributed by atoms with Gasteiger partial charge in [-0.2, -0.15) is 0 Å². The minimum Gasteiger partial charge on any atom is -0.497 e. The zero-order valence-electron chi connectivity index (χ0n) is 18.5. The number of hydrogen-bond donors (Lipinski definition) is 2. The van der Waals surface area contributed by atoms with E-state index >= 15 is 0 Å². The van der Waals surface area contributed by atoms with Crippen LogP contribution in [-0.2, 0) is 9.59 Å². The molecule has 0 saturated heterocycles. The molecule has 172 valence electrons. The molecule has 1 fully saturated rings. The average Bonchev–Trinajstić information content (AvgIpc) is 2.83. The Balaban J connectivity index is 1.44. The van der Waals surface area contributed by atoms with Gasteiger partial charge in [-0.1, -0.05) is 12.8 Å². The SMILES string of the molecule is COc1ccc(OCC(=O)N[C@@H]2CCCC[C@H]2NC(=O)COc2ccc(OC)cc2)cc1. The van der Waals surface area contributed by atoms with Gasteiger partial charge in [-0.25, -0.2) is 0 Å². The third kappa shape index (κ3) is 7.08. The lowest BCUT2D eigenvalue weighted by atomic mass is 9.90. The van der Waals surface area contributed by atoms with Gasteiger partial charge >= 0.3 is 0 Å². The summed E-state index contributed by atoms with van der Waals surface area (Å²) in [5.74, 6) is 2.18. The number of ether oxygens (including phenoxy) is 4. The number of rotatable bonds is 10. The highest BCUT2D eigenvalue weighted by Crippen LogP contribution is 2.20. The van der Waals surface area contributed by atoms with Gasteiger partial charge in [0.15, 0.2) is 13.2 Å². The van der Waals surface area contributed by atoms with Gasteiger partial charge in [-0.05, 0) is 61.4 Å². The number of hydrogen-bond acceptors (Lipinski definition) is 6. The molecule has 1 aliphatic carbocycles. The van der Waals surface area contributed by atoms with Crippen molar-refractivity contribution in [2.24, 2.45) is 0 Å². The minimum absolute atomic E-state index is 0.0932. The summed E-state index contributed by atoms with van der Waals surface area (Å²) >= 11 is 0. The van der Waals surface area contributed by atoms with E-state index in [1.54, 1.807) is 62.8 Å². The number of benzene rings is 2. The van der Waals surface area contributed by atoms with Crippen LogP contribution in [0, 0.1) is 0 Å². The molecule has 0 unspecified atom stereocenters. The summed E-state index contributed by atoms with van der Waals surface area (Å²) < 4.78 is 21.3. The first-order valence-corrected chi connectivity index (χ1v) is 10.7. The highest BCUT2D eigenvalue weighted by atomic mass is 16.5. The maximum atomic E-state index is 12.4. The Bertz CT molecular complexity index is 796. The van der Waals surface area contributed by atoms with Crippen LogP contribution in [-0.4, -0.2) is 51.3 Å². The van der Waals surface area contributed by atoms with Crippen molar-refractivity contribution in [3.8, 4) is 23.0 Å². The molecule has 2 aromatic carbocycles.